The lowest BCUT2D eigenvalue weighted by Gasteiger charge is -2.01. The first-order valence-electron chi connectivity index (χ1n) is 5.98. The summed E-state index contributed by atoms with van der Waals surface area (Å²) in [6.07, 6.45) is 1.66. The van der Waals surface area contributed by atoms with E-state index in [-0.39, 0.29) is 5.56 Å². The Morgan fingerprint density at radius 2 is 2.05 bits per heavy atom. The molecule has 0 aliphatic heterocycles. The van der Waals surface area contributed by atoms with Crippen molar-refractivity contribution in [3.63, 3.8) is 0 Å². The maximum absolute atomic E-state index is 11.6. The predicted molar refractivity (Wildman–Crippen MR) is 82.1 cm³/mol. The summed E-state index contributed by atoms with van der Waals surface area (Å²) in [5.41, 5.74) is 2.05. The maximum atomic E-state index is 11.6. The molecule has 0 aliphatic rings. The summed E-state index contributed by atoms with van der Waals surface area (Å²) in [6.45, 7) is 3.84. The second-order valence-electron chi connectivity index (χ2n) is 4.37. The molecule has 0 aliphatic carbocycles. The molecular formula is C14H13Cl2N3O. The Morgan fingerprint density at radius 1 is 1.30 bits per heavy atom. The zero-order valence-corrected chi connectivity index (χ0v) is 12.6. The van der Waals surface area contributed by atoms with Crippen molar-refractivity contribution in [3.8, 4) is 0 Å². The van der Waals surface area contributed by atoms with Gasteiger partial charge in [-0.3, -0.25) is 9.79 Å². The standard InChI is InChI=1S/C14H13Cl2N3O/c1-8-9(2)18-13(19-14(8)20)7-17-6-10-3-4-11(15)12(16)5-10/h3-6H,7H2,1-2H3,(H,18,19,20). The molecule has 0 atom stereocenters. The Kier molecular flexibility index (Phi) is 4.57. The zero-order valence-electron chi connectivity index (χ0n) is 11.1. The van der Waals surface area contributed by atoms with Gasteiger partial charge in [-0.05, 0) is 31.5 Å². The van der Waals surface area contributed by atoms with Crippen LogP contribution in [0.2, 0.25) is 10.0 Å². The molecule has 0 spiro atoms. The van der Waals surface area contributed by atoms with Crippen LogP contribution in [0.4, 0.5) is 0 Å². The molecule has 2 aromatic rings. The number of halogens is 2. The van der Waals surface area contributed by atoms with Crippen LogP contribution in [0.5, 0.6) is 0 Å². The second-order valence-corrected chi connectivity index (χ2v) is 5.18. The number of aromatic nitrogens is 2. The van der Waals surface area contributed by atoms with Crippen LogP contribution in [0, 0.1) is 13.8 Å². The van der Waals surface area contributed by atoms with Gasteiger partial charge in [0.05, 0.1) is 16.6 Å². The molecule has 1 aromatic heterocycles. The van der Waals surface area contributed by atoms with Gasteiger partial charge in [0, 0.05) is 17.5 Å². The highest BCUT2D eigenvalue weighted by atomic mass is 35.5. The Bertz CT molecular complexity index is 723. The minimum atomic E-state index is -0.128. The van der Waals surface area contributed by atoms with Gasteiger partial charge in [0.15, 0.2) is 0 Å². The lowest BCUT2D eigenvalue weighted by molar-refractivity contribution is 0.865. The van der Waals surface area contributed by atoms with Crippen LogP contribution < -0.4 is 5.56 Å². The SMILES string of the molecule is Cc1nc(CN=Cc2ccc(Cl)c(Cl)c2)[nH]c(=O)c1C. The number of H-pyrrole nitrogens is 1. The molecule has 0 fully saturated rings. The van der Waals surface area contributed by atoms with Crippen molar-refractivity contribution < 1.29 is 0 Å². The van der Waals surface area contributed by atoms with Gasteiger partial charge in [-0.2, -0.15) is 0 Å². The lowest BCUT2D eigenvalue weighted by Crippen LogP contribution is -2.16. The first kappa shape index (κ1) is 14.8. The molecule has 4 nitrogen and oxygen atoms in total. The quantitative estimate of drug-likeness (QED) is 0.884. The van der Waals surface area contributed by atoms with E-state index in [2.05, 4.69) is 15.0 Å². The van der Waals surface area contributed by atoms with E-state index < -0.39 is 0 Å². The van der Waals surface area contributed by atoms with E-state index in [4.69, 9.17) is 23.2 Å². The van der Waals surface area contributed by atoms with Crippen LogP contribution in [-0.4, -0.2) is 16.2 Å². The summed E-state index contributed by atoms with van der Waals surface area (Å²) in [6, 6.07) is 5.25. The molecule has 1 N–H and O–H groups in total. The predicted octanol–water partition coefficient (Wildman–Crippen LogP) is 3.31. The number of nitrogens with one attached hydrogen (secondary N) is 1. The van der Waals surface area contributed by atoms with E-state index >= 15 is 0 Å². The van der Waals surface area contributed by atoms with E-state index in [1.54, 1.807) is 32.2 Å². The monoisotopic (exact) mass is 309 g/mol. The summed E-state index contributed by atoms with van der Waals surface area (Å²) in [7, 11) is 0. The first-order valence-corrected chi connectivity index (χ1v) is 6.74. The van der Waals surface area contributed by atoms with Crippen molar-refractivity contribution >= 4 is 29.4 Å². The van der Waals surface area contributed by atoms with Crippen molar-refractivity contribution in [1.29, 1.82) is 0 Å². The van der Waals surface area contributed by atoms with Crippen molar-refractivity contribution in [3.05, 3.63) is 61.2 Å². The maximum Gasteiger partial charge on any atom is 0.254 e. The third-order valence-electron chi connectivity index (χ3n) is 2.87. The number of aliphatic imine (C=N–C) groups is 1. The molecule has 2 rings (SSSR count). The number of rotatable bonds is 3. The third kappa shape index (κ3) is 3.46. The number of benzene rings is 1. The van der Waals surface area contributed by atoms with Crippen LogP contribution in [-0.2, 0) is 6.54 Å². The largest absolute Gasteiger partial charge is 0.309 e. The van der Waals surface area contributed by atoms with Gasteiger partial charge in [0.2, 0.25) is 0 Å². The van der Waals surface area contributed by atoms with Gasteiger partial charge in [-0.1, -0.05) is 29.3 Å². The average Bonchev–Trinajstić information content (AvgIpc) is 2.40. The highest BCUT2D eigenvalue weighted by molar-refractivity contribution is 6.42. The lowest BCUT2D eigenvalue weighted by atomic mass is 10.2. The van der Waals surface area contributed by atoms with Crippen molar-refractivity contribution in [2.24, 2.45) is 4.99 Å². The van der Waals surface area contributed by atoms with Crippen molar-refractivity contribution in [2.75, 3.05) is 0 Å². The van der Waals surface area contributed by atoms with Crippen molar-refractivity contribution in [1.82, 2.24) is 9.97 Å². The summed E-state index contributed by atoms with van der Waals surface area (Å²) >= 11 is 11.7. The van der Waals surface area contributed by atoms with Gasteiger partial charge in [-0.15, -0.1) is 0 Å². The summed E-state index contributed by atoms with van der Waals surface area (Å²) in [4.78, 5) is 22.8. The highest BCUT2D eigenvalue weighted by Crippen LogP contribution is 2.21. The van der Waals surface area contributed by atoms with E-state index in [9.17, 15) is 4.79 Å². The fraction of sp³-hybridized carbons (Fsp3) is 0.214. The summed E-state index contributed by atoms with van der Waals surface area (Å²) < 4.78 is 0. The molecule has 6 heteroatoms. The Labute approximate surface area is 126 Å². The molecule has 0 bridgehead atoms. The molecule has 0 saturated heterocycles. The fourth-order valence-corrected chi connectivity index (χ4v) is 1.91. The molecule has 0 saturated carbocycles. The van der Waals surface area contributed by atoms with Crippen LogP contribution in [0.1, 0.15) is 22.6 Å². The van der Waals surface area contributed by atoms with Crippen LogP contribution >= 0.6 is 23.2 Å². The van der Waals surface area contributed by atoms with E-state index in [0.717, 1.165) is 5.56 Å². The van der Waals surface area contributed by atoms with Crippen molar-refractivity contribution in [2.45, 2.75) is 20.4 Å². The number of nitrogens with zero attached hydrogens (tertiary/aromatic N) is 2. The molecule has 1 heterocycles. The second kappa shape index (κ2) is 6.20. The average molecular weight is 310 g/mol. The number of aryl methyl sites for hydroxylation is 1. The number of aromatic amines is 1. The van der Waals surface area contributed by atoms with Crippen LogP contribution in [0.15, 0.2) is 28.0 Å². The third-order valence-corrected chi connectivity index (χ3v) is 3.61. The topological polar surface area (TPSA) is 58.1 Å². The van der Waals surface area contributed by atoms with Gasteiger partial charge in [0.25, 0.3) is 5.56 Å². The highest BCUT2D eigenvalue weighted by Gasteiger charge is 2.02. The fourth-order valence-electron chi connectivity index (χ4n) is 1.61. The Hall–Kier alpha value is -1.65. The Balaban J connectivity index is 2.14. The van der Waals surface area contributed by atoms with E-state index in [1.165, 1.54) is 0 Å². The summed E-state index contributed by atoms with van der Waals surface area (Å²) in [5.74, 6) is 0.536. The smallest absolute Gasteiger partial charge is 0.254 e. The van der Waals surface area contributed by atoms with E-state index in [1.807, 2.05) is 6.07 Å². The van der Waals surface area contributed by atoms with Gasteiger partial charge >= 0.3 is 0 Å². The molecular weight excluding hydrogens is 297 g/mol. The minimum absolute atomic E-state index is 0.128. The number of hydrogen-bond acceptors (Lipinski definition) is 3. The molecule has 0 amide bonds. The zero-order chi connectivity index (χ0) is 14.7. The number of hydrogen-bond donors (Lipinski definition) is 1. The van der Waals surface area contributed by atoms with Crippen LogP contribution in [0.25, 0.3) is 0 Å². The molecule has 1 aromatic carbocycles. The van der Waals surface area contributed by atoms with Crippen LogP contribution in [0.3, 0.4) is 0 Å². The minimum Gasteiger partial charge on any atom is -0.309 e. The normalized spacial score (nSPS) is 11.2. The van der Waals surface area contributed by atoms with Gasteiger partial charge in [0.1, 0.15) is 5.82 Å². The summed E-state index contributed by atoms with van der Waals surface area (Å²) in [5, 5.41) is 0.984. The molecule has 0 radical (unpaired) electrons. The van der Waals surface area contributed by atoms with E-state index in [0.29, 0.717) is 33.7 Å². The molecule has 20 heavy (non-hydrogen) atoms. The van der Waals surface area contributed by atoms with Gasteiger partial charge in [-0.25, -0.2) is 4.98 Å². The molecule has 0 unspecified atom stereocenters. The van der Waals surface area contributed by atoms with Gasteiger partial charge < -0.3 is 4.98 Å². The first-order chi connectivity index (χ1) is 9.47. The molecule has 104 valence electrons. The Morgan fingerprint density at radius 3 is 2.70 bits per heavy atom.